The highest BCUT2D eigenvalue weighted by molar-refractivity contribution is 5.68. The van der Waals surface area contributed by atoms with Gasteiger partial charge in [-0.05, 0) is 55.3 Å². The molecule has 2 aromatic carbocycles. The SMILES string of the molecule is Cc1ccc(-c2c(C#N)nnn2-c2ccc(F)cc2)cc1C. The monoisotopic (exact) mass is 292 g/mol. The summed E-state index contributed by atoms with van der Waals surface area (Å²) < 4.78 is 14.7. The number of aryl methyl sites for hydroxylation is 2. The lowest BCUT2D eigenvalue weighted by molar-refractivity contribution is 0.627. The number of hydrogen-bond acceptors (Lipinski definition) is 3. The Hall–Kier alpha value is -3.00. The Morgan fingerprint density at radius 1 is 1.05 bits per heavy atom. The van der Waals surface area contributed by atoms with E-state index in [1.165, 1.54) is 17.7 Å². The summed E-state index contributed by atoms with van der Waals surface area (Å²) in [5.41, 5.74) is 4.65. The maximum Gasteiger partial charge on any atom is 0.191 e. The molecule has 0 saturated heterocycles. The highest BCUT2D eigenvalue weighted by atomic mass is 19.1. The molecule has 0 atom stereocenters. The molecular formula is C17H13FN4. The van der Waals surface area contributed by atoms with Gasteiger partial charge in [0.15, 0.2) is 5.69 Å². The quantitative estimate of drug-likeness (QED) is 0.725. The average Bonchev–Trinajstić information content (AvgIpc) is 2.94. The highest BCUT2D eigenvalue weighted by Crippen LogP contribution is 2.26. The molecular weight excluding hydrogens is 279 g/mol. The highest BCUT2D eigenvalue weighted by Gasteiger charge is 2.16. The van der Waals surface area contributed by atoms with Crippen LogP contribution in [0.4, 0.5) is 4.39 Å². The molecule has 4 nitrogen and oxygen atoms in total. The Labute approximate surface area is 127 Å². The summed E-state index contributed by atoms with van der Waals surface area (Å²) in [5, 5.41) is 17.2. The first kappa shape index (κ1) is 14.0. The first-order valence-electron chi connectivity index (χ1n) is 6.79. The fraction of sp³-hybridized carbons (Fsp3) is 0.118. The Bertz CT molecular complexity index is 873. The molecule has 0 amide bonds. The van der Waals surface area contributed by atoms with E-state index < -0.39 is 0 Å². The Morgan fingerprint density at radius 2 is 1.77 bits per heavy atom. The van der Waals surface area contributed by atoms with Crippen LogP contribution >= 0.6 is 0 Å². The lowest BCUT2D eigenvalue weighted by atomic mass is 10.0. The number of nitrogens with zero attached hydrogens (tertiary/aromatic N) is 4. The third-order valence-corrected chi connectivity index (χ3v) is 3.63. The van der Waals surface area contributed by atoms with Gasteiger partial charge in [0, 0.05) is 5.56 Å². The Balaban J connectivity index is 2.21. The number of nitriles is 1. The molecule has 0 N–H and O–H groups in total. The van der Waals surface area contributed by atoms with Gasteiger partial charge in [-0.2, -0.15) is 5.26 Å². The third-order valence-electron chi connectivity index (χ3n) is 3.63. The Morgan fingerprint density at radius 3 is 2.41 bits per heavy atom. The molecule has 108 valence electrons. The second kappa shape index (κ2) is 5.41. The maximum atomic E-state index is 13.1. The van der Waals surface area contributed by atoms with E-state index in [1.54, 1.807) is 16.8 Å². The summed E-state index contributed by atoms with van der Waals surface area (Å²) in [6.07, 6.45) is 0. The van der Waals surface area contributed by atoms with Crippen LogP contribution in [0.5, 0.6) is 0 Å². The van der Waals surface area contributed by atoms with E-state index in [-0.39, 0.29) is 11.5 Å². The number of halogens is 1. The van der Waals surface area contributed by atoms with Crippen molar-refractivity contribution in [2.24, 2.45) is 0 Å². The standard InChI is InChI=1S/C17H13FN4/c1-11-3-4-13(9-12(11)2)17-16(10-19)20-21-22(17)15-7-5-14(18)6-8-15/h3-9H,1-2H3. The molecule has 0 aliphatic heterocycles. The van der Waals surface area contributed by atoms with E-state index in [9.17, 15) is 9.65 Å². The van der Waals surface area contributed by atoms with Gasteiger partial charge >= 0.3 is 0 Å². The molecule has 3 aromatic rings. The van der Waals surface area contributed by atoms with Crippen LogP contribution < -0.4 is 0 Å². The smallest absolute Gasteiger partial charge is 0.191 e. The minimum absolute atomic E-state index is 0.243. The van der Waals surface area contributed by atoms with Crippen molar-refractivity contribution in [2.45, 2.75) is 13.8 Å². The van der Waals surface area contributed by atoms with Gasteiger partial charge in [-0.15, -0.1) is 5.10 Å². The van der Waals surface area contributed by atoms with E-state index in [4.69, 9.17) is 0 Å². The molecule has 0 spiro atoms. The van der Waals surface area contributed by atoms with Gasteiger partial charge in [0.2, 0.25) is 0 Å². The second-order valence-corrected chi connectivity index (χ2v) is 5.09. The van der Waals surface area contributed by atoms with Gasteiger partial charge in [0.25, 0.3) is 0 Å². The molecule has 0 unspecified atom stereocenters. The van der Waals surface area contributed by atoms with Gasteiger partial charge in [-0.3, -0.25) is 0 Å². The first-order valence-corrected chi connectivity index (χ1v) is 6.79. The molecule has 0 fully saturated rings. The summed E-state index contributed by atoms with van der Waals surface area (Å²) in [5.74, 6) is -0.322. The average molecular weight is 292 g/mol. The van der Waals surface area contributed by atoms with Gasteiger partial charge in [0.05, 0.1) is 5.69 Å². The van der Waals surface area contributed by atoms with Crippen molar-refractivity contribution in [3.63, 3.8) is 0 Å². The minimum Gasteiger partial charge on any atom is -0.211 e. The molecule has 22 heavy (non-hydrogen) atoms. The van der Waals surface area contributed by atoms with Crippen molar-refractivity contribution in [3.8, 4) is 23.0 Å². The molecule has 0 radical (unpaired) electrons. The fourth-order valence-electron chi connectivity index (χ4n) is 2.27. The number of aromatic nitrogens is 3. The van der Waals surface area contributed by atoms with Crippen LogP contribution in [0.1, 0.15) is 16.8 Å². The van der Waals surface area contributed by atoms with Crippen LogP contribution in [0, 0.1) is 31.0 Å². The normalized spacial score (nSPS) is 10.5. The summed E-state index contributed by atoms with van der Waals surface area (Å²) in [6.45, 7) is 4.04. The lowest BCUT2D eigenvalue weighted by Crippen LogP contribution is -2.00. The molecule has 0 aliphatic carbocycles. The Kier molecular flexibility index (Phi) is 3.43. The molecule has 5 heteroatoms. The second-order valence-electron chi connectivity index (χ2n) is 5.09. The van der Waals surface area contributed by atoms with E-state index in [0.29, 0.717) is 11.4 Å². The third kappa shape index (κ3) is 2.35. The zero-order valence-corrected chi connectivity index (χ0v) is 12.2. The van der Waals surface area contributed by atoms with Gasteiger partial charge in [-0.25, -0.2) is 9.07 Å². The van der Waals surface area contributed by atoms with Crippen LogP contribution in [-0.2, 0) is 0 Å². The molecule has 1 aromatic heterocycles. The van der Waals surface area contributed by atoms with Crippen molar-refractivity contribution in [2.75, 3.05) is 0 Å². The van der Waals surface area contributed by atoms with Crippen molar-refractivity contribution in [1.82, 2.24) is 15.0 Å². The van der Waals surface area contributed by atoms with Crippen molar-refractivity contribution in [1.29, 1.82) is 5.26 Å². The molecule has 3 rings (SSSR count). The molecule has 0 aliphatic rings. The van der Waals surface area contributed by atoms with Crippen molar-refractivity contribution in [3.05, 3.63) is 65.1 Å². The van der Waals surface area contributed by atoms with Crippen LogP contribution in [-0.4, -0.2) is 15.0 Å². The predicted molar refractivity (Wildman–Crippen MR) is 80.9 cm³/mol. The zero-order chi connectivity index (χ0) is 15.7. The van der Waals surface area contributed by atoms with Crippen LogP contribution in [0.3, 0.4) is 0 Å². The summed E-state index contributed by atoms with van der Waals surface area (Å²) in [7, 11) is 0. The number of hydrogen-bond donors (Lipinski definition) is 0. The molecule has 0 bridgehead atoms. The lowest BCUT2D eigenvalue weighted by Gasteiger charge is -2.08. The van der Waals surface area contributed by atoms with Gasteiger partial charge < -0.3 is 0 Å². The van der Waals surface area contributed by atoms with E-state index in [2.05, 4.69) is 16.4 Å². The van der Waals surface area contributed by atoms with Crippen molar-refractivity contribution >= 4 is 0 Å². The van der Waals surface area contributed by atoms with E-state index in [0.717, 1.165) is 11.1 Å². The minimum atomic E-state index is -0.322. The summed E-state index contributed by atoms with van der Waals surface area (Å²) >= 11 is 0. The fourth-order valence-corrected chi connectivity index (χ4v) is 2.27. The topological polar surface area (TPSA) is 54.5 Å². The predicted octanol–water partition coefficient (Wildman–Crippen LogP) is 3.56. The largest absolute Gasteiger partial charge is 0.211 e. The maximum absolute atomic E-state index is 13.1. The van der Waals surface area contributed by atoms with E-state index >= 15 is 0 Å². The van der Waals surface area contributed by atoms with Crippen LogP contribution in [0.25, 0.3) is 16.9 Å². The van der Waals surface area contributed by atoms with E-state index in [1.807, 2.05) is 32.0 Å². The number of benzene rings is 2. The number of rotatable bonds is 2. The van der Waals surface area contributed by atoms with Crippen LogP contribution in [0.2, 0.25) is 0 Å². The summed E-state index contributed by atoms with van der Waals surface area (Å²) in [6, 6.07) is 13.9. The van der Waals surface area contributed by atoms with Crippen LogP contribution in [0.15, 0.2) is 42.5 Å². The summed E-state index contributed by atoms with van der Waals surface area (Å²) in [4.78, 5) is 0. The zero-order valence-electron chi connectivity index (χ0n) is 12.2. The van der Waals surface area contributed by atoms with Crippen molar-refractivity contribution < 1.29 is 4.39 Å². The van der Waals surface area contributed by atoms with Gasteiger partial charge in [-0.1, -0.05) is 17.3 Å². The molecule has 1 heterocycles. The molecule has 0 saturated carbocycles. The van der Waals surface area contributed by atoms with Gasteiger partial charge in [0.1, 0.15) is 17.6 Å². The first-order chi connectivity index (χ1) is 10.6.